The lowest BCUT2D eigenvalue weighted by Crippen LogP contribution is -2.38. The second-order valence-corrected chi connectivity index (χ2v) is 5.85. The summed E-state index contributed by atoms with van der Waals surface area (Å²) in [4.78, 5) is 12.3. The molecule has 1 saturated carbocycles. The van der Waals surface area contributed by atoms with E-state index in [0.717, 1.165) is 31.4 Å². The van der Waals surface area contributed by atoms with E-state index in [0.29, 0.717) is 12.1 Å². The summed E-state index contributed by atoms with van der Waals surface area (Å²) >= 11 is 0. The second kappa shape index (κ2) is 6.23. The maximum Gasteiger partial charge on any atom is 0.251 e. The zero-order valence-electron chi connectivity index (χ0n) is 12.3. The molecule has 2 aromatic rings. The molecule has 1 aliphatic rings. The van der Waals surface area contributed by atoms with E-state index in [-0.39, 0.29) is 17.9 Å². The Labute approximate surface area is 128 Å². The first-order chi connectivity index (χ1) is 10.7. The summed E-state index contributed by atoms with van der Waals surface area (Å²) in [6, 6.07) is 7.12. The molecule has 116 valence electrons. The first kappa shape index (κ1) is 14.6. The van der Waals surface area contributed by atoms with Gasteiger partial charge in [-0.05, 0) is 41.5 Å². The number of aliphatic hydroxyl groups excluding tert-OH is 1. The van der Waals surface area contributed by atoms with Crippen molar-refractivity contribution < 1.29 is 9.90 Å². The van der Waals surface area contributed by atoms with E-state index < -0.39 is 0 Å². The number of rotatable bonds is 5. The van der Waals surface area contributed by atoms with Crippen LogP contribution in [0.25, 0.3) is 5.69 Å². The van der Waals surface area contributed by atoms with Crippen LogP contribution in [0.15, 0.2) is 30.6 Å². The number of aliphatic hydroxyl groups is 1. The van der Waals surface area contributed by atoms with E-state index in [9.17, 15) is 9.90 Å². The van der Waals surface area contributed by atoms with Crippen molar-refractivity contribution in [3.05, 3.63) is 36.2 Å². The van der Waals surface area contributed by atoms with E-state index in [1.54, 1.807) is 18.2 Å². The fourth-order valence-electron chi connectivity index (χ4n) is 2.95. The number of aromatic nitrogens is 4. The molecule has 0 radical (unpaired) electrons. The molecular weight excluding hydrogens is 282 g/mol. The van der Waals surface area contributed by atoms with Gasteiger partial charge in [-0.25, -0.2) is 4.68 Å². The van der Waals surface area contributed by atoms with Gasteiger partial charge in [0.1, 0.15) is 6.33 Å². The Hall–Kier alpha value is -2.28. The van der Waals surface area contributed by atoms with Gasteiger partial charge in [-0.3, -0.25) is 4.79 Å². The van der Waals surface area contributed by atoms with Gasteiger partial charge in [0.15, 0.2) is 0 Å². The molecular formula is C15H19N5O2. The van der Waals surface area contributed by atoms with E-state index in [1.165, 1.54) is 11.0 Å². The fraction of sp³-hybridized carbons (Fsp3) is 0.467. The molecule has 0 atom stereocenters. The SMILES string of the molecule is O=C(NCC1(CO)CCCC1)c1cccc(-n2cnnn2)c1. The average Bonchev–Trinajstić information content (AvgIpc) is 3.25. The summed E-state index contributed by atoms with van der Waals surface area (Å²) in [5.41, 5.74) is 1.14. The molecule has 0 spiro atoms. The summed E-state index contributed by atoms with van der Waals surface area (Å²) in [6.07, 6.45) is 5.65. The van der Waals surface area contributed by atoms with Gasteiger partial charge in [0.05, 0.1) is 12.3 Å². The lowest BCUT2D eigenvalue weighted by Gasteiger charge is -2.26. The van der Waals surface area contributed by atoms with Gasteiger partial charge < -0.3 is 10.4 Å². The Balaban J connectivity index is 1.69. The molecule has 7 nitrogen and oxygen atoms in total. The van der Waals surface area contributed by atoms with Gasteiger partial charge in [-0.1, -0.05) is 18.9 Å². The monoisotopic (exact) mass is 301 g/mol. The van der Waals surface area contributed by atoms with Crippen LogP contribution in [0.3, 0.4) is 0 Å². The van der Waals surface area contributed by atoms with Crippen molar-refractivity contribution in [2.24, 2.45) is 5.41 Å². The Morgan fingerprint density at radius 2 is 2.18 bits per heavy atom. The standard InChI is InChI=1S/C15H19N5O2/c21-10-15(6-1-2-7-15)9-16-14(22)12-4-3-5-13(8-12)20-11-17-18-19-20/h3-5,8,11,21H,1-2,6-7,9-10H2,(H,16,22). The summed E-state index contributed by atoms with van der Waals surface area (Å²) in [6.45, 7) is 0.634. The largest absolute Gasteiger partial charge is 0.396 e. The first-order valence-electron chi connectivity index (χ1n) is 7.45. The van der Waals surface area contributed by atoms with Gasteiger partial charge in [0.25, 0.3) is 5.91 Å². The fourth-order valence-corrected chi connectivity index (χ4v) is 2.95. The van der Waals surface area contributed by atoms with Crippen LogP contribution in [0.2, 0.25) is 0 Å². The lowest BCUT2D eigenvalue weighted by molar-refractivity contribution is 0.0880. The highest BCUT2D eigenvalue weighted by atomic mass is 16.3. The second-order valence-electron chi connectivity index (χ2n) is 5.85. The average molecular weight is 301 g/mol. The van der Waals surface area contributed by atoms with Crippen LogP contribution in [-0.2, 0) is 0 Å². The van der Waals surface area contributed by atoms with Crippen molar-refractivity contribution in [3.63, 3.8) is 0 Å². The maximum atomic E-state index is 12.3. The maximum absolute atomic E-state index is 12.3. The van der Waals surface area contributed by atoms with Crippen molar-refractivity contribution in [3.8, 4) is 5.69 Å². The number of hydrogen-bond donors (Lipinski definition) is 2. The van der Waals surface area contributed by atoms with Crippen LogP contribution in [0.4, 0.5) is 0 Å². The van der Waals surface area contributed by atoms with Gasteiger partial charge in [-0.2, -0.15) is 0 Å². The van der Waals surface area contributed by atoms with Gasteiger partial charge >= 0.3 is 0 Å². The number of nitrogens with one attached hydrogen (secondary N) is 1. The molecule has 22 heavy (non-hydrogen) atoms. The number of tetrazole rings is 1. The van der Waals surface area contributed by atoms with Crippen LogP contribution in [0.5, 0.6) is 0 Å². The summed E-state index contributed by atoms with van der Waals surface area (Å²) in [5, 5.41) is 23.5. The number of amides is 1. The predicted molar refractivity (Wildman–Crippen MR) is 79.5 cm³/mol. The van der Waals surface area contributed by atoms with Crippen LogP contribution in [0, 0.1) is 5.41 Å². The van der Waals surface area contributed by atoms with Crippen molar-refractivity contribution in [1.82, 2.24) is 25.5 Å². The topological polar surface area (TPSA) is 92.9 Å². The third-order valence-electron chi connectivity index (χ3n) is 4.35. The highest BCUT2D eigenvalue weighted by Gasteiger charge is 2.33. The van der Waals surface area contributed by atoms with Gasteiger partial charge in [-0.15, -0.1) is 5.10 Å². The summed E-state index contributed by atoms with van der Waals surface area (Å²) in [7, 11) is 0. The Morgan fingerprint density at radius 3 is 2.86 bits per heavy atom. The molecule has 0 saturated heterocycles. The van der Waals surface area contributed by atoms with Crippen molar-refractivity contribution in [2.75, 3.05) is 13.2 Å². The van der Waals surface area contributed by atoms with Crippen molar-refractivity contribution in [2.45, 2.75) is 25.7 Å². The smallest absolute Gasteiger partial charge is 0.251 e. The van der Waals surface area contributed by atoms with E-state index in [2.05, 4.69) is 20.8 Å². The van der Waals surface area contributed by atoms with E-state index >= 15 is 0 Å². The number of nitrogens with zero attached hydrogens (tertiary/aromatic N) is 4. The molecule has 0 bridgehead atoms. The minimum Gasteiger partial charge on any atom is -0.396 e. The number of carbonyl (C=O) groups excluding carboxylic acids is 1. The van der Waals surface area contributed by atoms with Gasteiger partial charge in [0, 0.05) is 17.5 Å². The van der Waals surface area contributed by atoms with Crippen molar-refractivity contribution >= 4 is 5.91 Å². The number of hydrogen-bond acceptors (Lipinski definition) is 5. The highest BCUT2D eigenvalue weighted by molar-refractivity contribution is 5.94. The summed E-state index contributed by atoms with van der Waals surface area (Å²) in [5.74, 6) is -0.144. The van der Waals surface area contributed by atoms with Crippen LogP contribution in [-0.4, -0.2) is 44.4 Å². The molecule has 7 heteroatoms. The minimum absolute atomic E-state index is 0.123. The van der Waals surface area contributed by atoms with Crippen LogP contribution < -0.4 is 5.32 Å². The normalized spacial score (nSPS) is 16.6. The molecule has 1 aliphatic carbocycles. The molecule has 0 aliphatic heterocycles. The minimum atomic E-state index is -0.150. The lowest BCUT2D eigenvalue weighted by atomic mass is 9.87. The molecule has 1 amide bonds. The highest BCUT2D eigenvalue weighted by Crippen LogP contribution is 2.36. The molecule has 1 heterocycles. The Bertz CT molecular complexity index is 635. The van der Waals surface area contributed by atoms with Crippen molar-refractivity contribution in [1.29, 1.82) is 0 Å². The van der Waals surface area contributed by atoms with E-state index in [4.69, 9.17) is 0 Å². The van der Waals surface area contributed by atoms with Crippen LogP contribution in [0.1, 0.15) is 36.0 Å². The third kappa shape index (κ3) is 2.99. The Kier molecular flexibility index (Phi) is 4.15. The van der Waals surface area contributed by atoms with Gasteiger partial charge in [0.2, 0.25) is 0 Å². The zero-order chi connectivity index (χ0) is 15.4. The number of benzene rings is 1. The molecule has 3 rings (SSSR count). The molecule has 1 aromatic heterocycles. The molecule has 0 unspecified atom stereocenters. The Morgan fingerprint density at radius 1 is 1.36 bits per heavy atom. The first-order valence-corrected chi connectivity index (χ1v) is 7.45. The quantitative estimate of drug-likeness (QED) is 0.857. The van der Waals surface area contributed by atoms with E-state index in [1.807, 2.05) is 6.07 Å². The molecule has 1 aromatic carbocycles. The number of carbonyl (C=O) groups is 1. The molecule has 2 N–H and O–H groups in total. The predicted octanol–water partition coefficient (Wildman–Crippen LogP) is 0.945. The zero-order valence-corrected chi connectivity index (χ0v) is 12.3. The van der Waals surface area contributed by atoms with Crippen LogP contribution >= 0.6 is 0 Å². The summed E-state index contributed by atoms with van der Waals surface area (Å²) < 4.78 is 1.50. The third-order valence-corrected chi connectivity index (χ3v) is 4.35. The molecule has 1 fully saturated rings.